The second-order valence-electron chi connectivity index (χ2n) is 8.04. The van der Waals surface area contributed by atoms with E-state index in [0.29, 0.717) is 24.4 Å². The van der Waals surface area contributed by atoms with Gasteiger partial charge in [0.15, 0.2) is 0 Å². The van der Waals surface area contributed by atoms with Gasteiger partial charge in [-0.25, -0.2) is 13.0 Å². The van der Waals surface area contributed by atoms with Crippen LogP contribution in [-0.2, 0) is 21.1 Å². The Morgan fingerprint density at radius 1 is 1.22 bits per heavy atom. The monoisotopic (exact) mass is 451 g/mol. The highest BCUT2D eigenvalue weighted by Gasteiger charge is 2.31. The van der Waals surface area contributed by atoms with Gasteiger partial charge in [0, 0.05) is 12.8 Å². The molecular formula is C23H23N4O4S+. The summed E-state index contributed by atoms with van der Waals surface area (Å²) in [6.45, 7) is 2.83. The highest BCUT2D eigenvalue weighted by molar-refractivity contribution is 7.91. The zero-order chi connectivity index (χ0) is 22.5. The van der Waals surface area contributed by atoms with Crippen molar-refractivity contribution in [2.75, 3.05) is 12.3 Å². The van der Waals surface area contributed by atoms with Gasteiger partial charge >= 0.3 is 0 Å². The second kappa shape index (κ2) is 7.68. The van der Waals surface area contributed by atoms with Crippen LogP contribution in [0.5, 0.6) is 0 Å². The average molecular weight is 452 g/mol. The number of fused-ring (bicyclic) bond motifs is 2. The molecule has 0 bridgehead atoms. The number of rotatable bonds is 4. The number of hydrogen-bond acceptors (Lipinski definition) is 6. The summed E-state index contributed by atoms with van der Waals surface area (Å²) >= 11 is 0. The molecule has 0 radical (unpaired) electrons. The third kappa shape index (κ3) is 3.34. The van der Waals surface area contributed by atoms with Crippen molar-refractivity contribution in [2.45, 2.75) is 42.2 Å². The zero-order valence-electron chi connectivity index (χ0n) is 17.6. The molecule has 0 unspecified atom stereocenters. The molecule has 1 aliphatic heterocycles. The normalized spacial score (nSPS) is 16.7. The van der Waals surface area contributed by atoms with E-state index in [0.717, 1.165) is 18.4 Å². The van der Waals surface area contributed by atoms with Crippen LogP contribution in [0, 0.1) is 6.92 Å². The SMILES string of the molecule is Cc1ccc2nc3c(cc(S(=O)(=O)c4ccccc4)c(N)[n+]3C[C@@H]3CCCO3)c(=O)n2c1. The number of hydrogen-bond donors (Lipinski definition) is 1. The molecule has 0 aliphatic carbocycles. The Bertz CT molecular complexity index is 1510. The first kappa shape index (κ1) is 20.6. The largest absolute Gasteiger partial charge is 0.375 e. The summed E-state index contributed by atoms with van der Waals surface area (Å²) in [5, 5.41) is 0.190. The van der Waals surface area contributed by atoms with Crippen LogP contribution < -0.4 is 15.9 Å². The lowest BCUT2D eigenvalue weighted by Gasteiger charge is -2.15. The Morgan fingerprint density at radius 3 is 2.72 bits per heavy atom. The molecule has 4 heterocycles. The Balaban J connectivity index is 1.85. The van der Waals surface area contributed by atoms with Gasteiger partial charge in [-0.05, 0) is 49.6 Å². The molecule has 0 amide bonds. The van der Waals surface area contributed by atoms with E-state index in [9.17, 15) is 13.2 Å². The quantitative estimate of drug-likeness (QED) is 0.376. The average Bonchev–Trinajstić information content (AvgIpc) is 3.30. The van der Waals surface area contributed by atoms with Gasteiger partial charge in [0.05, 0.1) is 17.5 Å². The number of aromatic nitrogens is 3. The number of nitrogen functional groups attached to an aromatic ring is 1. The number of nitrogens with zero attached hydrogens (tertiary/aromatic N) is 3. The van der Waals surface area contributed by atoms with Gasteiger partial charge in [-0.1, -0.05) is 29.2 Å². The van der Waals surface area contributed by atoms with Crippen LogP contribution in [0.25, 0.3) is 16.7 Å². The predicted molar refractivity (Wildman–Crippen MR) is 119 cm³/mol. The van der Waals surface area contributed by atoms with E-state index >= 15 is 0 Å². The number of aryl methyl sites for hydroxylation is 1. The molecule has 3 aromatic heterocycles. The first-order valence-electron chi connectivity index (χ1n) is 10.4. The minimum absolute atomic E-state index is 0.0419. The fourth-order valence-corrected chi connectivity index (χ4v) is 5.58. The van der Waals surface area contributed by atoms with Crippen molar-refractivity contribution in [2.24, 2.45) is 0 Å². The van der Waals surface area contributed by atoms with Crippen LogP contribution in [0.3, 0.4) is 0 Å². The lowest BCUT2D eigenvalue weighted by Crippen LogP contribution is -2.45. The van der Waals surface area contributed by atoms with E-state index < -0.39 is 9.84 Å². The molecule has 1 aliphatic rings. The molecule has 9 heteroatoms. The number of anilines is 1. The maximum atomic E-state index is 13.5. The summed E-state index contributed by atoms with van der Waals surface area (Å²) in [5.74, 6) is 0.0419. The summed E-state index contributed by atoms with van der Waals surface area (Å²) in [6, 6.07) is 13.0. The van der Waals surface area contributed by atoms with E-state index in [1.807, 2.05) is 13.0 Å². The van der Waals surface area contributed by atoms with Gasteiger partial charge in [0.2, 0.25) is 21.3 Å². The lowest BCUT2D eigenvalue weighted by molar-refractivity contribution is -0.667. The van der Waals surface area contributed by atoms with Crippen LogP contribution in [0.2, 0.25) is 0 Å². The van der Waals surface area contributed by atoms with Crippen molar-refractivity contribution in [1.82, 2.24) is 9.38 Å². The highest BCUT2D eigenvalue weighted by atomic mass is 32.2. The fourth-order valence-electron chi connectivity index (χ4n) is 4.15. The number of sulfone groups is 1. The van der Waals surface area contributed by atoms with Crippen molar-refractivity contribution in [3.8, 4) is 0 Å². The Kier molecular flexibility index (Phi) is 4.94. The summed E-state index contributed by atoms with van der Waals surface area (Å²) in [5.41, 5.74) is 7.80. The lowest BCUT2D eigenvalue weighted by atomic mass is 10.2. The van der Waals surface area contributed by atoms with Gasteiger partial charge in [0.1, 0.15) is 10.3 Å². The van der Waals surface area contributed by atoms with Crippen molar-refractivity contribution in [3.63, 3.8) is 0 Å². The minimum Gasteiger partial charge on any atom is -0.375 e. The van der Waals surface area contributed by atoms with Crippen molar-refractivity contribution in [1.29, 1.82) is 0 Å². The number of benzene rings is 1. The summed E-state index contributed by atoms with van der Waals surface area (Å²) in [6.07, 6.45) is 3.31. The fraction of sp³-hybridized carbons (Fsp3) is 0.261. The molecule has 2 N–H and O–H groups in total. The molecule has 0 saturated carbocycles. The van der Waals surface area contributed by atoms with Gasteiger partial charge < -0.3 is 10.5 Å². The van der Waals surface area contributed by atoms with Crippen molar-refractivity contribution >= 4 is 32.3 Å². The minimum atomic E-state index is -3.96. The van der Waals surface area contributed by atoms with Crippen LogP contribution >= 0.6 is 0 Å². The van der Waals surface area contributed by atoms with Gasteiger partial charge in [-0.3, -0.25) is 9.20 Å². The summed E-state index contributed by atoms with van der Waals surface area (Å²) in [7, 11) is -3.96. The van der Waals surface area contributed by atoms with Gasteiger partial charge in [-0.2, -0.15) is 0 Å². The molecule has 1 saturated heterocycles. The third-order valence-corrected chi connectivity index (χ3v) is 7.61. The third-order valence-electron chi connectivity index (χ3n) is 5.81. The molecule has 32 heavy (non-hydrogen) atoms. The molecule has 4 aromatic rings. The number of nitrogens with two attached hydrogens (primary N) is 1. The maximum absolute atomic E-state index is 13.5. The topological polar surface area (TPSA) is 108 Å². The number of pyridine rings is 2. The van der Waals surface area contributed by atoms with E-state index in [1.54, 1.807) is 35.0 Å². The first-order valence-corrected chi connectivity index (χ1v) is 11.9. The second-order valence-corrected chi connectivity index (χ2v) is 9.96. The molecule has 1 aromatic carbocycles. The Labute approximate surface area is 184 Å². The Morgan fingerprint density at radius 2 is 2.00 bits per heavy atom. The van der Waals surface area contributed by atoms with E-state index in [2.05, 4.69) is 4.98 Å². The molecule has 5 rings (SSSR count). The molecule has 0 spiro atoms. The molecule has 1 atom stereocenters. The molecule has 1 fully saturated rings. The van der Waals surface area contributed by atoms with Crippen LogP contribution in [-0.4, -0.2) is 30.5 Å². The van der Waals surface area contributed by atoms with E-state index in [-0.39, 0.29) is 32.7 Å². The zero-order valence-corrected chi connectivity index (χ0v) is 18.4. The van der Waals surface area contributed by atoms with Crippen molar-refractivity contribution in [3.05, 3.63) is 70.6 Å². The molecule has 164 valence electrons. The highest BCUT2D eigenvalue weighted by Crippen LogP contribution is 2.26. The smallest absolute Gasteiger partial charge is 0.278 e. The molecular weight excluding hydrogens is 428 g/mol. The van der Waals surface area contributed by atoms with Crippen LogP contribution in [0.4, 0.5) is 5.82 Å². The van der Waals surface area contributed by atoms with Crippen LogP contribution in [0.15, 0.2) is 69.3 Å². The number of ether oxygens (including phenoxy) is 1. The summed E-state index contributed by atoms with van der Waals surface area (Å²) in [4.78, 5) is 18.1. The van der Waals surface area contributed by atoms with Gasteiger partial charge in [-0.15, -0.1) is 0 Å². The van der Waals surface area contributed by atoms with E-state index in [1.165, 1.54) is 22.6 Å². The van der Waals surface area contributed by atoms with Gasteiger partial charge in [0.25, 0.3) is 11.2 Å². The summed E-state index contributed by atoms with van der Waals surface area (Å²) < 4.78 is 35.7. The predicted octanol–water partition coefficient (Wildman–Crippen LogP) is 2.04. The standard InChI is InChI=1S/C23H22N4O4S/c1-15-9-10-20-25-22-18(23(28)26(20)13-15)12-19(32(29,30)17-7-3-2-4-8-17)21(24)27(22)14-16-6-5-11-31-16/h2-4,7-10,12-13,16,24H,5-6,11,14H2,1H3/p+1/t16-/m0/s1. The van der Waals surface area contributed by atoms with E-state index in [4.69, 9.17) is 10.5 Å². The van der Waals surface area contributed by atoms with Crippen molar-refractivity contribution < 1.29 is 17.7 Å². The maximum Gasteiger partial charge on any atom is 0.278 e. The molecule has 8 nitrogen and oxygen atoms in total. The van der Waals surface area contributed by atoms with Crippen LogP contribution in [0.1, 0.15) is 18.4 Å². The first-order chi connectivity index (χ1) is 15.4. The Hall–Kier alpha value is -3.30.